The number of hydrogen-bond acceptors (Lipinski definition) is 7. The predicted molar refractivity (Wildman–Crippen MR) is 85.4 cm³/mol. The van der Waals surface area contributed by atoms with Gasteiger partial charge < -0.3 is 34.9 Å². The smallest absolute Gasteiger partial charge is 0.450 e. The molecule has 0 radical (unpaired) electrons. The second-order valence-electron chi connectivity index (χ2n) is 5.14. The van der Waals surface area contributed by atoms with Crippen LogP contribution in [0, 0.1) is 0 Å². The standard InChI is InChI=1S/C13H33N3O4Si/c1-5-11(14)8-18-21(17-4,19-9-12(15)6-2)20-10-13(16)7-3/h11-13H,5-10,14-16H2,1-4H3/q-1. The molecule has 0 aliphatic heterocycles. The Hall–Kier alpha value is -0.0631. The Labute approximate surface area is 129 Å². The van der Waals surface area contributed by atoms with Gasteiger partial charge in [0.15, 0.2) is 0 Å². The monoisotopic (exact) mass is 323 g/mol. The van der Waals surface area contributed by atoms with E-state index < -0.39 is 9.05 Å². The van der Waals surface area contributed by atoms with Crippen LogP contribution in [0.1, 0.15) is 40.0 Å². The number of hydrogen-bond donors (Lipinski definition) is 3. The Morgan fingerprint density at radius 3 is 1.19 bits per heavy atom. The minimum absolute atomic E-state index is 0.0843. The molecule has 0 amide bonds. The molecule has 0 rings (SSSR count). The summed E-state index contributed by atoms with van der Waals surface area (Å²) >= 11 is 0. The van der Waals surface area contributed by atoms with Crippen LogP contribution >= 0.6 is 0 Å². The molecule has 7 nitrogen and oxygen atoms in total. The first kappa shape index (κ1) is 20.9. The lowest BCUT2D eigenvalue weighted by Gasteiger charge is -2.42. The minimum atomic E-state index is -3.25. The Bertz CT molecular complexity index is 226. The van der Waals surface area contributed by atoms with E-state index in [1.807, 2.05) is 20.8 Å². The van der Waals surface area contributed by atoms with Crippen molar-refractivity contribution in [1.82, 2.24) is 0 Å². The number of rotatable bonds is 13. The Balaban J connectivity index is 4.65. The molecule has 0 aromatic rings. The van der Waals surface area contributed by atoms with Gasteiger partial charge in [0, 0.05) is 37.9 Å². The second kappa shape index (κ2) is 11.5. The first-order valence-electron chi connectivity index (χ1n) is 7.66. The molecule has 129 valence electrons. The van der Waals surface area contributed by atoms with Gasteiger partial charge in [0.05, 0.1) is 0 Å². The van der Waals surface area contributed by atoms with Gasteiger partial charge in [0.1, 0.15) is 0 Å². The van der Waals surface area contributed by atoms with Gasteiger partial charge in [-0.3, -0.25) is 0 Å². The van der Waals surface area contributed by atoms with Gasteiger partial charge in [-0.1, -0.05) is 20.8 Å². The van der Waals surface area contributed by atoms with E-state index in [2.05, 4.69) is 0 Å². The highest BCUT2D eigenvalue weighted by atomic mass is 28.4. The summed E-state index contributed by atoms with van der Waals surface area (Å²) in [7, 11) is -1.73. The van der Waals surface area contributed by atoms with Gasteiger partial charge in [0.25, 0.3) is 0 Å². The third-order valence-electron chi connectivity index (χ3n) is 3.25. The van der Waals surface area contributed by atoms with Crippen molar-refractivity contribution >= 4 is 9.05 Å². The van der Waals surface area contributed by atoms with E-state index in [1.165, 1.54) is 7.11 Å². The lowest BCUT2D eigenvalue weighted by Crippen LogP contribution is -2.53. The summed E-state index contributed by atoms with van der Waals surface area (Å²) < 4.78 is 22.7. The normalized spacial score (nSPS) is 19.0. The molecule has 0 aliphatic rings. The lowest BCUT2D eigenvalue weighted by atomic mass is 10.3. The maximum atomic E-state index is 5.88. The molecular weight excluding hydrogens is 290 g/mol. The minimum Gasteiger partial charge on any atom is -0.505 e. The van der Waals surface area contributed by atoms with Crippen molar-refractivity contribution in [3.63, 3.8) is 0 Å². The van der Waals surface area contributed by atoms with Crippen molar-refractivity contribution in [3.8, 4) is 0 Å². The van der Waals surface area contributed by atoms with Crippen LogP contribution in [0.15, 0.2) is 0 Å². The van der Waals surface area contributed by atoms with E-state index in [0.29, 0.717) is 19.8 Å². The highest BCUT2D eigenvalue weighted by Gasteiger charge is 2.29. The number of nitrogens with two attached hydrogens (primary N) is 3. The highest BCUT2D eigenvalue weighted by molar-refractivity contribution is 6.53. The molecule has 6 N–H and O–H groups in total. The zero-order valence-electron chi connectivity index (χ0n) is 13.8. The van der Waals surface area contributed by atoms with E-state index in [4.69, 9.17) is 34.9 Å². The highest BCUT2D eigenvalue weighted by Crippen LogP contribution is 2.13. The first-order valence-corrected chi connectivity index (χ1v) is 9.29. The summed E-state index contributed by atoms with van der Waals surface area (Å²) in [4.78, 5) is 0. The zero-order valence-corrected chi connectivity index (χ0v) is 14.8. The molecule has 3 unspecified atom stereocenters. The fourth-order valence-electron chi connectivity index (χ4n) is 1.28. The Morgan fingerprint density at radius 2 is 1.00 bits per heavy atom. The van der Waals surface area contributed by atoms with E-state index in [1.54, 1.807) is 0 Å². The van der Waals surface area contributed by atoms with Crippen LogP contribution in [-0.4, -0.2) is 54.1 Å². The Morgan fingerprint density at radius 1 is 0.714 bits per heavy atom. The van der Waals surface area contributed by atoms with Crippen molar-refractivity contribution in [2.75, 3.05) is 26.9 Å². The molecule has 0 saturated heterocycles. The topological polar surface area (TPSA) is 115 Å². The molecule has 8 heteroatoms. The van der Waals surface area contributed by atoms with Crippen LogP contribution in [0.3, 0.4) is 0 Å². The van der Waals surface area contributed by atoms with E-state index in [9.17, 15) is 0 Å². The molecule has 21 heavy (non-hydrogen) atoms. The average molecular weight is 324 g/mol. The van der Waals surface area contributed by atoms with Crippen LogP contribution in [0.2, 0.25) is 0 Å². The van der Waals surface area contributed by atoms with Crippen molar-refractivity contribution in [3.05, 3.63) is 0 Å². The van der Waals surface area contributed by atoms with E-state index in [-0.39, 0.29) is 18.1 Å². The third-order valence-corrected chi connectivity index (χ3v) is 5.31. The molecule has 3 atom stereocenters. The summed E-state index contributed by atoms with van der Waals surface area (Å²) in [6, 6.07) is -0.253. The summed E-state index contributed by atoms with van der Waals surface area (Å²) in [5.41, 5.74) is 17.6. The molecule has 0 aliphatic carbocycles. The van der Waals surface area contributed by atoms with Gasteiger partial charge >= 0.3 is 9.05 Å². The Kier molecular flexibility index (Phi) is 11.5. The summed E-state index contributed by atoms with van der Waals surface area (Å²) in [5, 5.41) is 0. The summed E-state index contributed by atoms with van der Waals surface area (Å²) in [6.07, 6.45) is 2.41. The maximum Gasteiger partial charge on any atom is 0.450 e. The molecule has 0 bridgehead atoms. The van der Waals surface area contributed by atoms with Crippen molar-refractivity contribution in [2.24, 2.45) is 17.2 Å². The van der Waals surface area contributed by atoms with Crippen molar-refractivity contribution in [1.29, 1.82) is 0 Å². The van der Waals surface area contributed by atoms with Crippen LogP contribution in [0.4, 0.5) is 0 Å². The van der Waals surface area contributed by atoms with Gasteiger partial charge in [-0.25, -0.2) is 0 Å². The average Bonchev–Trinajstić information content (AvgIpc) is 2.53. The molecule has 0 aromatic heterocycles. The SMILES string of the molecule is CCC(N)CO[Si-](OC)(OCC(N)CC)OCC(N)CC. The molecule has 0 fully saturated rings. The largest absolute Gasteiger partial charge is 0.505 e. The molecular formula is C13H33N3O4Si-. The van der Waals surface area contributed by atoms with Crippen LogP contribution in [-0.2, 0) is 17.7 Å². The first-order chi connectivity index (χ1) is 9.92. The molecule has 0 heterocycles. The van der Waals surface area contributed by atoms with Gasteiger partial charge in [-0.15, -0.1) is 0 Å². The van der Waals surface area contributed by atoms with E-state index in [0.717, 1.165) is 19.3 Å². The predicted octanol–water partition coefficient (Wildman–Crippen LogP) is 0.330. The van der Waals surface area contributed by atoms with Gasteiger partial charge in [-0.2, -0.15) is 0 Å². The zero-order chi connectivity index (χ0) is 16.3. The van der Waals surface area contributed by atoms with Gasteiger partial charge in [0.2, 0.25) is 0 Å². The van der Waals surface area contributed by atoms with Crippen LogP contribution in [0.5, 0.6) is 0 Å². The molecule has 0 aromatic carbocycles. The molecule has 0 spiro atoms. The second-order valence-corrected chi connectivity index (χ2v) is 7.42. The third kappa shape index (κ3) is 8.84. The lowest BCUT2D eigenvalue weighted by molar-refractivity contribution is -0.0304. The molecule has 0 saturated carbocycles. The summed E-state index contributed by atoms with van der Waals surface area (Å²) in [6.45, 7) is 6.93. The fourth-order valence-corrected chi connectivity index (χ4v) is 3.14. The fraction of sp³-hybridized carbons (Fsp3) is 1.00. The quantitative estimate of drug-likeness (QED) is 0.418. The van der Waals surface area contributed by atoms with Gasteiger partial charge in [-0.05, 0) is 26.4 Å². The maximum absolute atomic E-state index is 5.88. The van der Waals surface area contributed by atoms with Crippen LogP contribution < -0.4 is 17.2 Å². The van der Waals surface area contributed by atoms with Crippen LogP contribution in [0.25, 0.3) is 0 Å². The van der Waals surface area contributed by atoms with E-state index >= 15 is 0 Å². The van der Waals surface area contributed by atoms with Crippen molar-refractivity contribution < 1.29 is 17.7 Å². The van der Waals surface area contributed by atoms with Crippen molar-refractivity contribution in [2.45, 2.75) is 58.2 Å². The summed E-state index contributed by atoms with van der Waals surface area (Å²) in [5.74, 6) is 0.